The summed E-state index contributed by atoms with van der Waals surface area (Å²) in [6.07, 6.45) is 7.70. The number of anilines is 1. The second-order valence-corrected chi connectivity index (χ2v) is 8.05. The Morgan fingerprint density at radius 3 is 2.55 bits per heavy atom. The van der Waals surface area contributed by atoms with Crippen LogP contribution < -0.4 is 5.32 Å². The molecule has 2 aromatic rings. The minimum atomic E-state index is 0.0635. The molecule has 5 heteroatoms. The van der Waals surface area contributed by atoms with E-state index in [1.54, 1.807) is 6.20 Å². The Labute approximate surface area is 173 Å². The van der Waals surface area contributed by atoms with Crippen LogP contribution in [0.25, 0.3) is 16.5 Å². The smallest absolute Gasteiger partial charge is 0.228 e. The van der Waals surface area contributed by atoms with Gasteiger partial charge in [-0.25, -0.2) is 4.98 Å². The molecular weight excluding hydrogens is 362 g/mol. The van der Waals surface area contributed by atoms with Gasteiger partial charge >= 0.3 is 0 Å². The monoisotopic (exact) mass is 393 g/mol. The Kier molecular flexibility index (Phi) is 6.70. The molecule has 1 heterocycles. The Hall–Kier alpha value is -2.66. The standard InChI is InChI=1S/C24H31N3O2/c1-6-22(29-16(2)3)18-7-8-19-15-25-23(14-20(19)13-18)26-24(28)17-9-11-21(12-10-17)27(4)5/h6-8,13-15,17,21H,2,9-12H2,1,3-5H3,(H,25,26,28)/b22-6-. The molecule has 0 bridgehead atoms. The molecule has 0 aliphatic heterocycles. The first-order chi connectivity index (χ1) is 13.9. The summed E-state index contributed by atoms with van der Waals surface area (Å²) >= 11 is 0. The topological polar surface area (TPSA) is 54.5 Å². The number of benzene rings is 1. The summed E-state index contributed by atoms with van der Waals surface area (Å²) < 4.78 is 5.71. The predicted octanol–water partition coefficient (Wildman–Crippen LogP) is 5.20. The largest absolute Gasteiger partial charge is 0.462 e. The predicted molar refractivity (Wildman–Crippen MR) is 119 cm³/mol. The molecule has 29 heavy (non-hydrogen) atoms. The minimum Gasteiger partial charge on any atom is -0.462 e. The Bertz CT molecular complexity index is 925. The molecule has 1 aliphatic rings. The number of nitrogens with one attached hydrogen (secondary N) is 1. The number of fused-ring (bicyclic) bond motifs is 1. The van der Waals surface area contributed by atoms with E-state index in [9.17, 15) is 4.79 Å². The zero-order chi connectivity index (χ0) is 21.0. The number of hydrogen-bond acceptors (Lipinski definition) is 4. The van der Waals surface area contributed by atoms with E-state index in [1.165, 1.54) is 0 Å². The first-order valence-corrected chi connectivity index (χ1v) is 10.2. The Morgan fingerprint density at radius 1 is 1.21 bits per heavy atom. The van der Waals surface area contributed by atoms with Crippen molar-refractivity contribution in [2.45, 2.75) is 45.6 Å². The van der Waals surface area contributed by atoms with Crippen LogP contribution in [0.15, 0.2) is 48.9 Å². The van der Waals surface area contributed by atoms with Gasteiger partial charge in [-0.3, -0.25) is 4.79 Å². The molecule has 1 fully saturated rings. The molecule has 0 radical (unpaired) electrons. The van der Waals surface area contributed by atoms with Gasteiger partial charge in [-0.1, -0.05) is 18.7 Å². The summed E-state index contributed by atoms with van der Waals surface area (Å²) in [4.78, 5) is 19.4. The molecule has 154 valence electrons. The first kappa shape index (κ1) is 21.1. The molecule has 0 unspecified atom stereocenters. The highest BCUT2D eigenvalue weighted by molar-refractivity contribution is 5.94. The van der Waals surface area contributed by atoms with Gasteiger partial charge in [0.2, 0.25) is 5.91 Å². The lowest BCUT2D eigenvalue weighted by Crippen LogP contribution is -2.35. The summed E-state index contributed by atoms with van der Waals surface area (Å²) in [6, 6.07) is 8.57. The van der Waals surface area contributed by atoms with Crippen LogP contribution in [0.5, 0.6) is 0 Å². The lowest BCUT2D eigenvalue weighted by atomic mass is 9.85. The molecule has 0 spiro atoms. The van der Waals surface area contributed by atoms with Gasteiger partial charge in [-0.2, -0.15) is 0 Å². The molecule has 1 N–H and O–H groups in total. The van der Waals surface area contributed by atoms with Crippen molar-refractivity contribution in [3.8, 4) is 0 Å². The van der Waals surface area contributed by atoms with Crippen LogP contribution in [0.2, 0.25) is 0 Å². The average Bonchev–Trinajstić information content (AvgIpc) is 2.71. The maximum absolute atomic E-state index is 12.7. The van der Waals surface area contributed by atoms with Crippen LogP contribution in [-0.4, -0.2) is 35.9 Å². The Balaban J connectivity index is 1.73. The van der Waals surface area contributed by atoms with Crippen LogP contribution in [-0.2, 0) is 9.53 Å². The first-order valence-electron chi connectivity index (χ1n) is 10.2. The number of hydrogen-bond donors (Lipinski definition) is 1. The number of amides is 1. The number of carbonyl (C=O) groups excluding carboxylic acids is 1. The van der Waals surface area contributed by atoms with Crippen molar-refractivity contribution in [1.29, 1.82) is 0 Å². The van der Waals surface area contributed by atoms with Crippen LogP contribution in [0.1, 0.15) is 45.1 Å². The van der Waals surface area contributed by atoms with Crippen molar-refractivity contribution in [3.63, 3.8) is 0 Å². The number of rotatable bonds is 6. The highest BCUT2D eigenvalue weighted by Gasteiger charge is 2.27. The van der Waals surface area contributed by atoms with Gasteiger partial charge in [0, 0.05) is 29.1 Å². The molecule has 3 rings (SSSR count). The average molecular weight is 394 g/mol. The minimum absolute atomic E-state index is 0.0635. The van der Waals surface area contributed by atoms with Crippen LogP contribution >= 0.6 is 0 Å². The number of pyridine rings is 1. The second-order valence-electron chi connectivity index (χ2n) is 8.05. The summed E-state index contributed by atoms with van der Waals surface area (Å²) in [6.45, 7) is 7.58. The zero-order valence-corrected chi connectivity index (χ0v) is 17.9. The lowest BCUT2D eigenvalue weighted by molar-refractivity contribution is -0.121. The third kappa shape index (κ3) is 5.24. The van der Waals surface area contributed by atoms with E-state index in [0.29, 0.717) is 17.6 Å². The second kappa shape index (κ2) is 9.23. The number of carbonyl (C=O) groups is 1. The fourth-order valence-corrected chi connectivity index (χ4v) is 3.92. The van der Waals surface area contributed by atoms with Gasteiger partial charge in [0.15, 0.2) is 0 Å². The van der Waals surface area contributed by atoms with Crippen molar-refractivity contribution >= 4 is 28.3 Å². The maximum atomic E-state index is 12.7. The van der Waals surface area contributed by atoms with Crippen LogP contribution in [0.4, 0.5) is 5.82 Å². The van der Waals surface area contributed by atoms with Gasteiger partial charge in [0.1, 0.15) is 11.6 Å². The van der Waals surface area contributed by atoms with Crippen LogP contribution in [0.3, 0.4) is 0 Å². The van der Waals surface area contributed by atoms with Crippen molar-refractivity contribution in [2.75, 3.05) is 19.4 Å². The summed E-state index contributed by atoms with van der Waals surface area (Å²) in [7, 11) is 4.22. The maximum Gasteiger partial charge on any atom is 0.228 e. The summed E-state index contributed by atoms with van der Waals surface area (Å²) in [5, 5.41) is 5.04. The number of allylic oxidation sites excluding steroid dienone is 2. The Morgan fingerprint density at radius 2 is 1.93 bits per heavy atom. The number of aromatic nitrogens is 1. The summed E-state index contributed by atoms with van der Waals surface area (Å²) in [5.74, 6) is 2.14. The van der Waals surface area contributed by atoms with E-state index in [-0.39, 0.29) is 11.8 Å². The van der Waals surface area contributed by atoms with Crippen molar-refractivity contribution < 1.29 is 9.53 Å². The molecule has 5 nitrogen and oxygen atoms in total. The molecular formula is C24H31N3O2. The van der Waals surface area contributed by atoms with Gasteiger partial charge in [0.05, 0.1) is 5.76 Å². The van der Waals surface area contributed by atoms with Crippen LogP contribution in [0, 0.1) is 5.92 Å². The van der Waals surface area contributed by atoms with E-state index in [1.807, 2.05) is 44.2 Å². The van der Waals surface area contributed by atoms with E-state index in [4.69, 9.17) is 4.74 Å². The van der Waals surface area contributed by atoms with Gasteiger partial charge in [-0.05, 0) is 77.2 Å². The van der Waals surface area contributed by atoms with Gasteiger partial charge in [-0.15, -0.1) is 0 Å². The fraction of sp³-hybridized carbons (Fsp3) is 0.417. The zero-order valence-electron chi connectivity index (χ0n) is 17.9. The quantitative estimate of drug-likeness (QED) is 0.685. The molecule has 0 atom stereocenters. The molecule has 1 aromatic heterocycles. The molecule has 1 amide bonds. The molecule has 1 saturated carbocycles. The number of nitrogens with zero attached hydrogens (tertiary/aromatic N) is 2. The molecule has 0 saturated heterocycles. The van der Waals surface area contributed by atoms with Gasteiger partial charge in [0.25, 0.3) is 0 Å². The van der Waals surface area contributed by atoms with Crippen molar-refractivity contribution in [3.05, 3.63) is 54.4 Å². The highest BCUT2D eigenvalue weighted by atomic mass is 16.5. The molecule has 1 aliphatic carbocycles. The number of ether oxygens (including phenoxy) is 1. The van der Waals surface area contributed by atoms with E-state index < -0.39 is 0 Å². The third-order valence-corrected chi connectivity index (χ3v) is 5.60. The fourth-order valence-electron chi connectivity index (χ4n) is 3.92. The van der Waals surface area contributed by atoms with Crippen molar-refractivity contribution in [2.24, 2.45) is 5.92 Å². The molecule has 1 aromatic carbocycles. The lowest BCUT2D eigenvalue weighted by Gasteiger charge is -2.31. The SMILES string of the molecule is C=C(C)O/C(=C\C)c1ccc2cnc(NC(=O)C3CCC(N(C)C)CC3)cc2c1. The summed E-state index contributed by atoms with van der Waals surface area (Å²) in [5.41, 5.74) is 0.966. The normalized spacial score (nSPS) is 20.0. The van der Waals surface area contributed by atoms with E-state index in [2.05, 4.69) is 35.9 Å². The third-order valence-electron chi connectivity index (χ3n) is 5.60. The van der Waals surface area contributed by atoms with Gasteiger partial charge < -0.3 is 15.0 Å². The highest BCUT2D eigenvalue weighted by Crippen LogP contribution is 2.28. The van der Waals surface area contributed by atoms with E-state index in [0.717, 1.165) is 47.8 Å². The van der Waals surface area contributed by atoms with Crippen molar-refractivity contribution in [1.82, 2.24) is 9.88 Å². The van der Waals surface area contributed by atoms with E-state index >= 15 is 0 Å².